The van der Waals surface area contributed by atoms with E-state index in [4.69, 9.17) is 4.74 Å². The van der Waals surface area contributed by atoms with Crippen molar-refractivity contribution >= 4 is 36.7 Å². The van der Waals surface area contributed by atoms with Crippen LogP contribution >= 0.6 is 24.4 Å². The van der Waals surface area contributed by atoms with E-state index in [2.05, 4.69) is 21.7 Å². The molecule has 0 aromatic heterocycles. The molecule has 0 aliphatic carbocycles. The normalized spacial score (nSPS) is 19.0. The number of piperidine rings is 1. The molecule has 21 heavy (non-hydrogen) atoms. The Bertz CT molecular complexity index is 351. The summed E-state index contributed by atoms with van der Waals surface area (Å²) in [5, 5.41) is 2.50. The van der Waals surface area contributed by atoms with Crippen LogP contribution in [0.15, 0.2) is 4.58 Å². The number of hydrogen-bond donors (Lipinski definition) is 1. The maximum absolute atomic E-state index is 12.0. The van der Waals surface area contributed by atoms with Crippen molar-refractivity contribution in [2.75, 3.05) is 26.2 Å². The lowest BCUT2D eigenvalue weighted by Crippen LogP contribution is -2.58. The molecule has 0 aromatic carbocycles. The van der Waals surface area contributed by atoms with Crippen molar-refractivity contribution in [1.82, 2.24) is 10.2 Å². The molecule has 1 amide bonds. The quantitative estimate of drug-likeness (QED) is 0.311. The summed E-state index contributed by atoms with van der Waals surface area (Å²) in [6, 6.07) is -0.846. The van der Waals surface area contributed by atoms with Crippen molar-refractivity contribution in [3.63, 3.8) is 0 Å². The summed E-state index contributed by atoms with van der Waals surface area (Å²) in [6.45, 7) is 6.43. The van der Waals surface area contributed by atoms with Gasteiger partial charge in [-0.1, -0.05) is 6.92 Å². The smallest absolute Gasteiger partial charge is 0.330 e. The van der Waals surface area contributed by atoms with E-state index in [1.807, 2.05) is 0 Å². The van der Waals surface area contributed by atoms with Crippen molar-refractivity contribution in [1.29, 1.82) is 0 Å². The Morgan fingerprint density at radius 2 is 2.10 bits per heavy atom. The monoisotopic (exact) mass is 339 g/mol. The molecule has 1 saturated heterocycles. The van der Waals surface area contributed by atoms with E-state index >= 15 is 0 Å². The summed E-state index contributed by atoms with van der Waals surface area (Å²) < 4.78 is 7.19. The Morgan fingerprint density at radius 3 is 2.52 bits per heavy atom. The number of carbonyl (C=O) groups excluding carboxylic acids is 2. The maximum Gasteiger partial charge on any atom is 0.330 e. The maximum atomic E-state index is 12.0. The van der Waals surface area contributed by atoms with E-state index in [-0.39, 0.29) is 19.0 Å². The van der Waals surface area contributed by atoms with Crippen molar-refractivity contribution in [2.24, 2.45) is 4.58 Å². The molecule has 122 valence electrons. The van der Waals surface area contributed by atoms with Gasteiger partial charge in [0.1, 0.15) is 6.04 Å². The number of nitrogens with one attached hydrogen (secondary N) is 1. The van der Waals surface area contributed by atoms with E-state index in [0.717, 1.165) is 31.6 Å². The highest BCUT2D eigenvalue weighted by Gasteiger charge is 2.47. The van der Waals surface area contributed by atoms with Crippen LogP contribution in [0.2, 0.25) is 0 Å². The molecule has 1 N–H and O–H groups in total. The Balaban J connectivity index is 0.00000400. The Morgan fingerprint density at radius 1 is 1.48 bits per heavy atom. The van der Waals surface area contributed by atoms with Crippen molar-refractivity contribution in [2.45, 2.75) is 37.5 Å². The molecule has 0 radical (unpaired) electrons. The van der Waals surface area contributed by atoms with Gasteiger partial charge in [0, 0.05) is 16.5 Å². The fourth-order valence-electron chi connectivity index (χ4n) is 2.48. The average molecular weight is 340 g/mol. The Hall–Kier alpha value is -0.860. The second-order valence-electron chi connectivity index (χ2n) is 4.63. The van der Waals surface area contributed by atoms with Crippen LogP contribution in [-0.4, -0.2) is 54.3 Å². The van der Waals surface area contributed by atoms with Crippen molar-refractivity contribution in [3.05, 3.63) is 4.91 Å². The Labute approximate surface area is 135 Å². The van der Waals surface area contributed by atoms with E-state index in [1.165, 1.54) is 0 Å². The molecule has 1 atom stereocenters. The molecule has 0 aromatic rings. The average Bonchev–Trinajstić information content (AvgIpc) is 2.46. The number of carbonyl (C=O) groups is 2. The van der Waals surface area contributed by atoms with E-state index in [1.54, 1.807) is 6.92 Å². The van der Waals surface area contributed by atoms with Gasteiger partial charge in [0.15, 0.2) is 0 Å². The second kappa shape index (κ2) is 9.97. The van der Waals surface area contributed by atoms with Gasteiger partial charge >= 0.3 is 5.97 Å². The second-order valence-corrected chi connectivity index (χ2v) is 5.78. The molecule has 9 heteroatoms. The zero-order chi connectivity index (χ0) is 15.0. The lowest BCUT2D eigenvalue weighted by atomic mass is 9.88. The van der Waals surface area contributed by atoms with Crippen LogP contribution in [0.5, 0.6) is 0 Å². The molecule has 0 bridgehead atoms. The summed E-state index contributed by atoms with van der Waals surface area (Å²) in [5.74, 6) is -0.513. The number of nitrogens with zero attached hydrogens (tertiary/aromatic N) is 2. The first-order valence-electron chi connectivity index (χ1n) is 6.73. The molecular weight excluding hydrogens is 318 g/mol. The molecule has 1 heterocycles. The predicted molar refractivity (Wildman–Crippen MR) is 84.3 cm³/mol. The topological polar surface area (TPSA) is 88.1 Å². The number of halogens is 1. The third-order valence-electron chi connectivity index (χ3n) is 3.65. The summed E-state index contributed by atoms with van der Waals surface area (Å²) in [7, 11) is 0. The van der Waals surface area contributed by atoms with Gasteiger partial charge in [-0.3, -0.25) is 4.79 Å². The first-order valence-corrected chi connectivity index (χ1v) is 7.50. The third-order valence-corrected chi connectivity index (χ3v) is 4.73. The van der Waals surface area contributed by atoms with Gasteiger partial charge in [-0.25, -0.2) is 4.79 Å². The zero-order valence-electron chi connectivity index (χ0n) is 12.2. The molecule has 1 aliphatic heterocycles. The van der Waals surface area contributed by atoms with Crippen LogP contribution < -0.4 is 5.32 Å². The fraction of sp³-hybridized carbons (Fsp3) is 0.833. The lowest BCUT2D eigenvalue weighted by Gasteiger charge is -2.42. The molecular formula is C12H22ClN3O4S. The number of amides is 1. The van der Waals surface area contributed by atoms with Crippen LogP contribution in [0.25, 0.3) is 0 Å². The van der Waals surface area contributed by atoms with E-state index in [0.29, 0.717) is 19.3 Å². The standard InChI is InChI=1S/C12H21N3O4S.ClH/c1-3-15-7-5-12(6-8-15,20-14-18)10(13-9-16)11(17)19-4-2;/h9-10H,3-8H2,1-2H3,(H,13,16);1H. The van der Waals surface area contributed by atoms with Crippen molar-refractivity contribution in [3.8, 4) is 0 Å². The highest BCUT2D eigenvalue weighted by Crippen LogP contribution is 2.40. The SMILES string of the molecule is CCOC(=O)C(NC=O)C1(SN=O)CCN(CC)CC1.Cl. The van der Waals surface area contributed by atoms with Gasteiger partial charge in [0.25, 0.3) is 0 Å². The molecule has 1 unspecified atom stereocenters. The third kappa shape index (κ3) is 5.12. The van der Waals surface area contributed by atoms with Gasteiger partial charge in [-0.15, -0.1) is 17.3 Å². The predicted octanol–water partition coefficient (Wildman–Crippen LogP) is 1.36. The molecule has 1 fully saturated rings. The number of rotatable bonds is 8. The lowest BCUT2D eigenvalue weighted by molar-refractivity contribution is -0.148. The van der Waals surface area contributed by atoms with E-state index < -0.39 is 16.8 Å². The number of ether oxygens (including phenoxy) is 1. The molecule has 1 rings (SSSR count). The van der Waals surface area contributed by atoms with Gasteiger partial charge in [-0.2, -0.15) is 0 Å². The largest absolute Gasteiger partial charge is 0.464 e. The molecule has 0 saturated carbocycles. The van der Waals surface area contributed by atoms with Gasteiger partial charge in [0.05, 0.1) is 11.4 Å². The zero-order valence-corrected chi connectivity index (χ0v) is 13.9. The number of esters is 1. The van der Waals surface area contributed by atoms with Gasteiger partial charge < -0.3 is 15.0 Å². The highest BCUT2D eigenvalue weighted by molar-refractivity contribution is 7.99. The highest BCUT2D eigenvalue weighted by atomic mass is 35.5. The minimum Gasteiger partial charge on any atom is -0.464 e. The van der Waals surface area contributed by atoms with Crippen LogP contribution in [-0.2, 0) is 14.3 Å². The van der Waals surface area contributed by atoms with Gasteiger partial charge in [-0.05, 0) is 39.4 Å². The van der Waals surface area contributed by atoms with Crippen LogP contribution in [0.3, 0.4) is 0 Å². The first kappa shape index (κ1) is 20.1. The van der Waals surface area contributed by atoms with Gasteiger partial charge in [0.2, 0.25) is 6.41 Å². The Kier molecular flexibility index (Phi) is 9.56. The van der Waals surface area contributed by atoms with Crippen LogP contribution in [0, 0.1) is 4.91 Å². The van der Waals surface area contributed by atoms with E-state index in [9.17, 15) is 14.5 Å². The first-order chi connectivity index (χ1) is 9.63. The van der Waals surface area contributed by atoms with Crippen molar-refractivity contribution < 1.29 is 14.3 Å². The summed E-state index contributed by atoms with van der Waals surface area (Å²) in [6.07, 6.45) is 1.67. The number of likely N-dealkylation sites (tertiary alicyclic amines) is 1. The minimum absolute atomic E-state index is 0. The van der Waals surface area contributed by atoms with Crippen LogP contribution in [0.1, 0.15) is 26.7 Å². The summed E-state index contributed by atoms with van der Waals surface area (Å²) >= 11 is 0.835. The number of hydrogen-bond acceptors (Lipinski definition) is 7. The summed E-state index contributed by atoms with van der Waals surface area (Å²) in [5.41, 5.74) is 0. The van der Waals surface area contributed by atoms with Crippen LogP contribution in [0.4, 0.5) is 0 Å². The molecule has 1 aliphatic rings. The molecule has 7 nitrogen and oxygen atoms in total. The summed E-state index contributed by atoms with van der Waals surface area (Å²) in [4.78, 5) is 35.8. The fourth-order valence-corrected chi connectivity index (χ4v) is 3.27. The molecule has 0 spiro atoms. The minimum atomic E-state index is -0.846. The number of nitroso groups, excluding NO2 is 1.